The molecule has 1 nitrogen and oxygen atoms in total. The van der Waals surface area contributed by atoms with Gasteiger partial charge in [0, 0.05) is 5.70 Å². The summed E-state index contributed by atoms with van der Waals surface area (Å²) in [5.74, 6) is 0. The van der Waals surface area contributed by atoms with Crippen molar-refractivity contribution in [1.29, 1.82) is 0 Å². The maximum Gasteiger partial charge on any atom is 0.0423 e. The summed E-state index contributed by atoms with van der Waals surface area (Å²) in [6.45, 7) is 18.0. The predicted octanol–water partition coefficient (Wildman–Crippen LogP) is 6.24. The van der Waals surface area contributed by atoms with E-state index in [9.17, 15) is 0 Å². The maximum atomic E-state index is 5.48. The lowest BCUT2D eigenvalue weighted by atomic mass is 9.86. The maximum absolute atomic E-state index is 5.48. The van der Waals surface area contributed by atoms with E-state index < -0.39 is 0 Å². The molecule has 1 heteroatoms. The molecule has 0 bridgehead atoms. The van der Waals surface area contributed by atoms with Crippen LogP contribution in [0.2, 0.25) is 0 Å². The van der Waals surface area contributed by atoms with Crippen molar-refractivity contribution in [2.45, 2.75) is 53.9 Å². The molecule has 0 fully saturated rings. The fraction of sp³-hybridized carbons (Fsp3) is 0.364. The van der Waals surface area contributed by atoms with Gasteiger partial charge < -0.3 is 5.73 Å². The highest BCUT2D eigenvalue weighted by atomic mass is 14.6. The number of nitrogens with two attached hydrogens (primary N) is 1. The fourth-order valence-corrected chi connectivity index (χ4v) is 1.78. The minimum atomic E-state index is 0.815. The van der Waals surface area contributed by atoms with Crippen molar-refractivity contribution < 1.29 is 0 Å². The number of allylic oxidation sites excluding steroid dienone is 8. The Morgan fingerprint density at radius 3 is 2.04 bits per heavy atom. The molecule has 126 valence electrons. The number of terminal acetylenes is 1. The molecule has 2 N–H and O–H groups in total. The van der Waals surface area contributed by atoms with Crippen LogP contribution in [0, 0.1) is 12.8 Å². The third-order valence-corrected chi connectivity index (χ3v) is 3.70. The predicted molar refractivity (Wildman–Crippen MR) is 107 cm³/mol. The van der Waals surface area contributed by atoms with E-state index in [0.29, 0.717) is 0 Å². The van der Waals surface area contributed by atoms with Crippen molar-refractivity contribution in [2.75, 3.05) is 0 Å². The average molecular weight is 312 g/mol. The second-order valence-electron chi connectivity index (χ2n) is 5.34. The van der Waals surface area contributed by atoms with Crippen molar-refractivity contribution >= 4 is 0 Å². The van der Waals surface area contributed by atoms with Gasteiger partial charge in [-0.05, 0) is 50.3 Å². The van der Waals surface area contributed by atoms with Crippen molar-refractivity contribution in [3.05, 3.63) is 71.0 Å². The largest absolute Gasteiger partial charge is 0.398 e. The molecule has 0 saturated carbocycles. The zero-order chi connectivity index (χ0) is 18.4. The van der Waals surface area contributed by atoms with Crippen LogP contribution in [0.25, 0.3) is 0 Å². The average Bonchev–Trinajstić information content (AvgIpc) is 2.61. The summed E-state index contributed by atoms with van der Waals surface area (Å²) < 4.78 is 0. The zero-order valence-corrected chi connectivity index (χ0v) is 15.6. The molecule has 1 aliphatic rings. The summed E-state index contributed by atoms with van der Waals surface area (Å²) in [7, 11) is 0. The standard InChI is InChI=1S/C13H22.C7H9N.C2H2/c1-5-9-13(7-3)11-8-10-12(4)6-2;1-4-5(2)7(8)6(4)3;1-2/h7-8,10-11H,5-6,9H2,1-4H3;1-2,8H2,3H3;1-2H/b11-8-,12-10+,13-7-;;. The van der Waals surface area contributed by atoms with Crippen LogP contribution in [0.5, 0.6) is 0 Å². The van der Waals surface area contributed by atoms with Gasteiger partial charge in [-0.15, -0.1) is 12.8 Å². The van der Waals surface area contributed by atoms with Gasteiger partial charge >= 0.3 is 0 Å². The van der Waals surface area contributed by atoms with Gasteiger partial charge in [0.15, 0.2) is 0 Å². The second kappa shape index (κ2) is 13.5. The van der Waals surface area contributed by atoms with Gasteiger partial charge in [0.2, 0.25) is 0 Å². The molecule has 23 heavy (non-hydrogen) atoms. The molecule has 0 aliphatic heterocycles. The smallest absolute Gasteiger partial charge is 0.0423 e. The topological polar surface area (TPSA) is 26.0 Å². The van der Waals surface area contributed by atoms with Gasteiger partial charge in [-0.2, -0.15) is 0 Å². The number of hydrogen-bond donors (Lipinski definition) is 1. The van der Waals surface area contributed by atoms with Crippen LogP contribution >= 0.6 is 0 Å². The Balaban J connectivity index is 0. The summed E-state index contributed by atoms with van der Waals surface area (Å²) >= 11 is 0. The molecule has 1 rings (SSSR count). The Hall–Kier alpha value is -2.20. The molecule has 0 spiro atoms. The van der Waals surface area contributed by atoms with Crippen LogP contribution in [-0.2, 0) is 0 Å². The first kappa shape index (κ1) is 23.1. The van der Waals surface area contributed by atoms with Crippen molar-refractivity contribution in [3.63, 3.8) is 0 Å². The molecule has 0 saturated heterocycles. The van der Waals surface area contributed by atoms with E-state index in [-0.39, 0.29) is 0 Å². The molecular formula is C22H33N. The third-order valence-electron chi connectivity index (χ3n) is 3.70. The Labute approximate surface area is 144 Å². The van der Waals surface area contributed by atoms with Gasteiger partial charge in [-0.25, -0.2) is 0 Å². The van der Waals surface area contributed by atoms with E-state index in [2.05, 4.69) is 78.0 Å². The SMILES string of the molecule is C#C.C=C1C(=C)C(N)=C1C.C\C=C(/C=C\C=C(/C)CC)CCC. The first-order valence-electron chi connectivity index (χ1n) is 8.06. The van der Waals surface area contributed by atoms with Gasteiger partial charge in [0.1, 0.15) is 0 Å². The lowest BCUT2D eigenvalue weighted by Gasteiger charge is -2.22. The molecule has 0 atom stereocenters. The second-order valence-corrected chi connectivity index (χ2v) is 5.34. The minimum Gasteiger partial charge on any atom is -0.398 e. The van der Waals surface area contributed by atoms with E-state index in [1.165, 1.54) is 24.0 Å². The lowest BCUT2D eigenvalue weighted by Crippen LogP contribution is -2.15. The first-order valence-corrected chi connectivity index (χ1v) is 8.06. The van der Waals surface area contributed by atoms with Crippen LogP contribution in [0.4, 0.5) is 0 Å². The van der Waals surface area contributed by atoms with Gasteiger partial charge in [0.05, 0.1) is 0 Å². The Kier molecular flexibility index (Phi) is 13.5. The number of rotatable bonds is 5. The summed E-state index contributed by atoms with van der Waals surface area (Å²) in [4.78, 5) is 0. The lowest BCUT2D eigenvalue weighted by molar-refractivity contribution is 0.924. The summed E-state index contributed by atoms with van der Waals surface area (Å²) in [5, 5.41) is 0. The van der Waals surface area contributed by atoms with Gasteiger partial charge in [-0.3, -0.25) is 0 Å². The minimum absolute atomic E-state index is 0.815. The molecule has 0 radical (unpaired) electrons. The van der Waals surface area contributed by atoms with Crippen molar-refractivity contribution in [1.82, 2.24) is 0 Å². The van der Waals surface area contributed by atoms with Crippen molar-refractivity contribution in [2.24, 2.45) is 5.73 Å². The van der Waals surface area contributed by atoms with E-state index in [0.717, 1.165) is 28.8 Å². The molecule has 0 aromatic carbocycles. The molecule has 0 aromatic heterocycles. The molecule has 0 amide bonds. The van der Waals surface area contributed by atoms with Crippen LogP contribution in [-0.4, -0.2) is 0 Å². The Morgan fingerprint density at radius 2 is 1.74 bits per heavy atom. The monoisotopic (exact) mass is 311 g/mol. The highest BCUT2D eigenvalue weighted by molar-refractivity contribution is 5.65. The van der Waals surface area contributed by atoms with Gasteiger partial charge in [0.25, 0.3) is 0 Å². The van der Waals surface area contributed by atoms with E-state index >= 15 is 0 Å². The first-order chi connectivity index (χ1) is 10.9. The zero-order valence-electron chi connectivity index (χ0n) is 15.6. The molecule has 0 aromatic rings. The molecular weight excluding hydrogens is 278 g/mol. The van der Waals surface area contributed by atoms with E-state index in [4.69, 9.17) is 5.73 Å². The van der Waals surface area contributed by atoms with Crippen LogP contribution < -0.4 is 5.73 Å². The van der Waals surface area contributed by atoms with Crippen LogP contribution in [0.15, 0.2) is 71.0 Å². The normalized spacial score (nSPS) is 14.7. The quantitative estimate of drug-likeness (QED) is 0.472. The molecule has 0 heterocycles. The third kappa shape index (κ3) is 8.73. The van der Waals surface area contributed by atoms with Crippen LogP contribution in [0.3, 0.4) is 0 Å². The molecule has 1 aliphatic carbocycles. The van der Waals surface area contributed by atoms with Crippen molar-refractivity contribution in [3.8, 4) is 12.8 Å². The van der Waals surface area contributed by atoms with Crippen LogP contribution in [0.1, 0.15) is 53.9 Å². The Morgan fingerprint density at radius 1 is 1.17 bits per heavy atom. The summed E-state index contributed by atoms with van der Waals surface area (Å²) in [5.41, 5.74) is 12.2. The summed E-state index contributed by atoms with van der Waals surface area (Å²) in [6, 6.07) is 0. The van der Waals surface area contributed by atoms with E-state index in [1.807, 2.05) is 6.92 Å². The fourth-order valence-electron chi connectivity index (χ4n) is 1.78. The highest BCUT2D eigenvalue weighted by Gasteiger charge is 2.18. The number of hydrogen-bond acceptors (Lipinski definition) is 1. The molecule has 0 unspecified atom stereocenters. The van der Waals surface area contributed by atoms with Gasteiger partial charge in [-0.1, -0.05) is 68.9 Å². The van der Waals surface area contributed by atoms with E-state index in [1.54, 1.807) is 0 Å². The highest BCUT2D eigenvalue weighted by Crippen LogP contribution is 2.32. The summed E-state index contributed by atoms with van der Waals surface area (Å²) in [6.07, 6.45) is 20.3. The Bertz CT molecular complexity index is 512.